The van der Waals surface area contributed by atoms with Crippen LogP contribution in [-0.4, -0.2) is 24.2 Å². The molecule has 0 spiro atoms. The van der Waals surface area contributed by atoms with E-state index in [9.17, 15) is 9.50 Å². The van der Waals surface area contributed by atoms with Gasteiger partial charge in [0.05, 0.1) is 5.69 Å². The summed E-state index contributed by atoms with van der Waals surface area (Å²) in [5.41, 5.74) is 6.41. The first-order valence-electron chi connectivity index (χ1n) is 4.66. The fourth-order valence-corrected chi connectivity index (χ4v) is 1.77. The second-order valence-electron chi connectivity index (χ2n) is 3.63. The van der Waals surface area contributed by atoms with Gasteiger partial charge in [0, 0.05) is 25.2 Å². The highest BCUT2D eigenvalue weighted by Gasteiger charge is 2.21. The Balaban J connectivity index is 2.24. The minimum atomic E-state index is -0.422. The van der Waals surface area contributed by atoms with Crippen LogP contribution in [0.2, 0.25) is 0 Å². The molecule has 1 atom stereocenters. The zero-order chi connectivity index (χ0) is 10.1. The van der Waals surface area contributed by atoms with Gasteiger partial charge in [-0.15, -0.1) is 0 Å². The van der Waals surface area contributed by atoms with Gasteiger partial charge in [0.15, 0.2) is 0 Å². The summed E-state index contributed by atoms with van der Waals surface area (Å²) in [6.45, 7) is 1.54. The highest BCUT2D eigenvalue weighted by molar-refractivity contribution is 5.58. The summed E-state index contributed by atoms with van der Waals surface area (Å²) in [5.74, 6) is -0.436. The molecule has 0 aromatic heterocycles. The van der Waals surface area contributed by atoms with Crippen molar-refractivity contribution in [3.8, 4) is 5.75 Å². The van der Waals surface area contributed by atoms with Crippen molar-refractivity contribution in [1.29, 1.82) is 0 Å². The topological polar surface area (TPSA) is 49.5 Å². The van der Waals surface area contributed by atoms with Crippen LogP contribution in [0.15, 0.2) is 18.2 Å². The zero-order valence-corrected chi connectivity index (χ0v) is 7.78. The highest BCUT2D eigenvalue weighted by atomic mass is 19.1. The van der Waals surface area contributed by atoms with E-state index in [-0.39, 0.29) is 11.8 Å². The van der Waals surface area contributed by atoms with Gasteiger partial charge in [-0.3, -0.25) is 0 Å². The van der Waals surface area contributed by atoms with Crippen LogP contribution in [0.3, 0.4) is 0 Å². The molecule has 0 aliphatic carbocycles. The van der Waals surface area contributed by atoms with E-state index >= 15 is 0 Å². The fraction of sp³-hybridized carbons (Fsp3) is 0.400. The molecule has 0 radical (unpaired) electrons. The lowest BCUT2D eigenvalue weighted by Crippen LogP contribution is -2.26. The molecule has 0 bridgehead atoms. The third-order valence-electron chi connectivity index (χ3n) is 2.50. The van der Waals surface area contributed by atoms with E-state index in [0.717, 1.165) is 25.6 Å². The molecule has 76 valence electrons. The Morgan fingerprint density at radius 1 is 1.50 bits per heavy atom. The van der Waals surface area contributed by atoms with Crippen molar-refractivity contribution in [2.75, 3.05) is 18.0 Å². The van der Waals surface area contributed by atoms with E-state index in [1.165, 1.54) is 6.07 Å². The van der Waals surface area contributed by atoms with Crippen molar-refractivity contribution < 1.29 is 9.50 Å². The molecule has 3 nitrogen and oxygen atoms in total. The Morgan fingerprint density at radius 3 is 2.86 bits per heavy atom. The molecule has 1 aromatic rings. The van der Waals surface area contributed by atoms with Gasteiger partial charge in [-0.1, -0.05) is 0 Å². The molecule has 1 aliphatic heterocycles. The van der Waals surface area contributed by atoms with Gasteiger partial charge in [-0.25, -0.2) is 4.39 Å². The Kier molecular flexibility index (Phi) is 2.29. The van der Waals surface area contributed by atoms with E-state index < -0.39 is 5.82 Å². The second-order valence-corrected chi connectivity index (χ2v) is 3.63. The van der Waals surface area contributed by atoms with Crippen molar-refractivity contribution >= 4 is 5.69 Å². The van der Waals surface area contributed by atoms with E-state index in [1.807, 2.05) is 4.90 Å². The van der Waals surface area contributed by atoms with E-state index in [4.69, 9.17) is 5.73 Å². The number of benzene rings is 1. The van der Waals surface area contributed by atoms with Crippen molar-refractivity contribution in [3.63, 3.8) is 0 Å². The van der Waals surface area contributed by atoms with Crippen molar-refractivity contribution in [2.24, 2.45) is 5.73 Å². The molecule has 4 heteroatoms. The third kappa shape index (κ3) is 1.65. The van der Waals surface area contributed by atoms with Gasteiger partial charge < -0.3 is 15.7 Å². The monoisotopic (exact) mass is 196 g/mol. The number of phenolic OH excluding ortho intramolecular Hbond substituents is 1. The molecular weight excluding hydrogens is 183 g/mol. The van der Waals surface area contributed by atoms with Crippen LogP contribution in [-0.2, 0) is 0 Å². The fourth-order valence-electron chi connectivity index (χ4n) is 1.77. The average Bonchev–Trinajstić information content (AvgIpc) is 2.51. The van der Waals surface area contributed by atoms with E-state index in [0.29, 0.717) is 5.69 Å². The van der Waals surface area contributed by atoms with E-state index in [1.54, 1.807) is 6.07 Å². The molecule has 3 N–H and O–H groups in total. The number of nitrogens with zero attached hydrogens (tertiary/aromatic N) is 1. The van der Waals surface area contributed by atoms with Crippen LogP contribution in [0.1, 0.15) is 6.42 Å². The molecule has 0 saturated carbocycles. The van der Waals surface area contributed by atoms with Crippen LogP contribution in [0, 0.1) is 5.82 Å². The summed E-state index contributed by atoms with van der Waals surface area (Å²) in [5, 5.41) is 9.52. The standard InChI is InChI=1S/C10H13FN2O/c11-7-1-2-9(10(14)5-7)13-4-3-8(12)6-13/h1-2,5,8,14H,3-4,6,12H2. The summed E-state index contributed by atoms with van der Waals surface area (Å²) >= 11 is 0. The van der Waals surface area contributed by atoms with E-state index in [2.05, 4.69) is 0 Å². The Labute approximate surface area is 81.9 Å². The first-order valence-corrected chi connectivity index (χ1v) is 4.66. The largest absolute Gasteiger partial charge is 0.506 e. The molecule has 1 aromatic carbocycles. The predicted octanol–water partition coefficient (Wildman–Crippen LogP) is 1.07. The number of phenols is 1. The maximum Gasteiger partial charge on any atom is 0.141 e. The Bertz CT molecular complexity index is 343. The van der Waals surface area contributed by atoms with Crippen LogP contribution < -0.4 is 10.6 Å². The summed E-state index contributed by atoms with van der Waals surface area (Å²) in [6.07, 6.45) is 0.914. The number of halogens is 1. The number of nitrogens with two attached hydrogens (primary N) is 1. The smallest absolute Gasteiger partial charge is 0.141 e. The van der Waals surface area contributed by atoms with Crippen LogP contribution in [0.5, 0.6) is 5.75 Å². The first-order chi connectivity index (χ1) is 6.66. The zero-order valence-electron chi connectivity index (χ0n) is 7.78. The summed E-state index contributed by atoms with van der Waals surface area (Å²) in [7, 11) is 0. The first kappa shape index (κ1) is 9.27. The SMILES string of the molecule is NC1CCN(c2ccc(F)cc2O)C1. The molecule has 1 heterocycles. The molecular formula is C10H13FN2O. The Hall–Kier alpha value is -1.29. The molecule has 1 saturated heterocycles. The third-order valence-corrected chi connectivity index (χ3v) is 2.50. The lowest BCUT2D eigenvalue weighted by Gasteiger charge is -2.18. The Morgan fingerprint density at radius 2 is 2.29 bits per heavy atom. The number of rotatable bonds is 1. The second kappa shape index (κ2) is 3.46. The lowest BCUT2D eigenvalue weighted by molar-refractivity contribution is 0.468. The summed E-state index contributed by atoms with van der Waals surface area (Å²) < 4.78 is 12.7. The van der Waals surface area contributed by atoms with Crippen LogP contribution in [0.25, 0.3) is 0 Å². The normalized spacial score (nSPS) is 21.6. The molecule has 14 heavy (non-hydrogen) atoms. The van der Waals surface area contributed by atoms with Crippen molar-refractivity contribution in [2.45, 2.75) is 12.5 Å². The number of anilines is 1. The van der Waals surface area contributed by atoms with Crippen LogP contribution in [0.4, 0.5) is 10.1 Å². The van der Waals surface area contributed by atoms with Gasteiger partial charge in [0.2, 0.25) is 0 Å². The quantitative estimate of drug-likeness (QED) is 0.706. The van der Waals surface area contributed by atoms with Gasteiger partial charge in [-0.05, 0) is 18.6 Å². The average molecular weight is 196 g/mol. The van der Waals surface area contributed by atoms with Gasteiger partial charge in [-0.2, -0.15) is 0 Å². The molecule has 2 rings (SSSR count). The van der Waals surface area contributed by atoms with Gasteiger partial charge >= 0.3 is 0 Å². The van der Waals surface area contributed by atoms with Gasteiger partial charge in [0.25, 0.3) is 0 Å². The molecule has 1 fully saturated rings. The van der Waals surface area contributed by atoms with Crippen LogP contribution >= 0.6 is 0 Å². The minimum Gasteiger partial charge on any atom is -0.506 e. The summed E-state index contributed by atoms with van der Waals surface area (Å²) in [4.78, 5) is 1.97. The number of hydrogen-bond acceptors (Lipinski definition) is 3. The predicted molar refractivity (Wildman–Crippen MR) is 52.9 cm³/mol. The number of hydrogen-bond donors (Lipinski definition) is 2. The van der Waals surface area contributed by atoms with Crippen molar-refractivity contribution in [3.05, 3.63) is 24.0 Å². The maximum atomic E-state index is 12.7. The molecule has 1 aliphatic rings. The highest BCUT2D eigenvalue weighted by Crippen LogP contribution is 2.29. The maximum absolute atomic E-state index is 12.7. The lowest BCUT2D eigenvalue weighted by atomic mass is 10.2. The van der Waals surface area contributed by atoms with Gasteiger partial charge in [0.1, 0.15) is 11.6 Å². The number of aromatic hydroxyl groups is 1. The summed E-state index contributed by atoms with van der Waals surface area (Å²) in [6, 6.07) is 4.21. The molecule has 0 amide bonds. The minimum absolute atomic E-state index is 0.0147. The molecule has 1 unspecified atom stereocenters. The van der Waals surface area contributed by atoms with Crippen molar-refractivity contribution in [1.82, 2.24) is 0 Å².